The molecule has 1 aromatic rings. The van der Waals surface area contributed by atoms with Crippen LogP contribution in [0.25, 0.3) is 0 Å². The topological polar surface area (TPSA) is 47.9 Å². The number of carbonyl (C=O) groups is 1. The van der Waals surface area contributed by atoms with Gasteiger partial charge in [-0.15, -0.1) is 0 Å². The Labute approximate surface area is 156 Å². The van der Waals surface area contributed by atoms with Crippen molar-refractivity contribution in [2.45, 2.75) is 38.1 Å². The second kappa shape index (κ2) is 8.49. The molecule has 2 aliphatic rings. The second-order valence-electron chi connectivity index (χ2n) is 7.38. The van der Waals surface area contributed by atoms with Crippen LogP contribution in [-0.4, -0.2) is 61.7 Å². The molecule has 1 aliphatic carbocycles. The molecule has 0 spiro atoms. The molecule has 1 saturated carbocycles. The molecule has 1 aromatic carbocycles. The molecule has 2 fully saturated rings. The molecule has 0 radical (unpaired) electrons. The van der Waals surface area contributed by atoms with E-state index in [-0.39, 0.29) is 5.91 Å². The SMILES string of the molecule is C/N=C1/CCN(C2CCC2)CC/C1=C/Nc1ccc(C(=O)N(C)C)cc1. The monoisotopic (exact) mass is 354 g/mol. The molecule has 1 heterocycles. The lowest BCUT2D eigenvalue weighted by Crippen LogP contribution is -2.40. The Hall–Kier alpha value is -2.14. The number of rotatable bonds is 4. The lowest BCUT2D eigenvalue weighted by atomic mass is 9.91. The van der Waals surface area contributed by atoms with Crippen LogP contribution in [0.1, 0.15) is 42.5 Å². The lowest BCUT2D eigenvalue weighted by Gasteiger charge is -2.36. The number of likely N-dealkylation sites (tertiary alicyclic amines) is 1. The Kier molecular flexibility index (Phi) is 6.09. The van der Waals surface area contributed by atoms with Gasteiger partial charge in [-0.3, -0.25) is 14.7 Å². The van der Waals surface area contributed by atoms with Crippen molar-refractivity contribution in [2.75, 3.05) is 39.5 Å². The van der Waals surface area contributed by atoms with Gasteiger partial charge in [-0.25, -0.2) is 0 Å². The minimum Gasteiger partial charge on any atom is -0.361 e. The zero-order valence-electron chi connectivity index (χ0n) is 16.2. The van der Waals surface area contributed by atoms with Crippen LogP contribution in [0.5, 0.6) is 0 Å². The summed E-state index contributed by atoms with van der Waals surface area (Å²) in [6.45, 7) is 2.24. The maximum absolute atomic E-state index is 12.0. The summed E-state index contributed by atoms with van der Waals surface area (Å²) in [5.74, 6) is 0.0233. The van der Waals surface area contributed by atoms with E-state index in [1.807, 2.05) is 31.3 Å². The van der Waals surface area contributed by atoms with Crippen LogP contribution in [0, 0.1) is 0 Å². The maximum atomic E-state index is 12.0. The van der Waals surface area contributed by atoms with Crippen LogP contribution in [0.4, 0.5) is 5.69 Å². The summed E-state index contributed by atoms with van der Waals surface area (Å²) < 4.78 is 0. The van der Waals surface area contributed by atoms with Crippen molar-refractivity contribution in [3.63, 3.8) is 0 Å². The smallest absolute Gasteiger partial charge is 0.253 e. The predicted molar refractivity (Wildman–Crippen MR) is 108 cm³/mol. The summed E-state index contributed by atoms with van der Waals surface area (Å²) >= 11 is 0. The van der Waals surface area contributed by atoms with E-state index in [4.69, 9.17) is 0 Å². The first-order chi connectivity index (χ1) is 12.6. The fourth-order valence-corrected chi connectivity index (χ4v) is 3.60. The van der Waals surface area contributed by atoms with Gasteiger partial charge < -0.3 is 10.2 Å². The zero-order valence-corrected chi connectivity index (χ0v) is 16.2. The lowest BCUT2D eigenvalue weighted by molar-refractivity contribution is 0.0827. The number of aliphatic imine (C=N–C) groups is 1. The van der Waals surface area contributed by atoms with Gasteiger partial charge in [0.2, 0.25) is 0 Å². The van der Waals surface area contributed by atoms with Crippen LogP contribution in [-0.2, 0) is 0 Å². The van der Waals surface area contributed by atoms with E-state index in [1.165, 1.54) is 30.5 Å². The highest BCUT2D eigenvalue weighted by atomic mass is 16.2. The Bertz CT molecular complexity index is 686. The van der Waals surface area contributed by atoms with Gasteiger partial charge in [0.15, 0.2) is 0 Å². The summed E-state index contributed by atoms with van der Waals surface area (Å²) in [7, 11) is 5.43. The van der Waals surface area contributed by atoms with E-state index < -0.39 is 0 Å². The molecule has 0 atom stereocenters. The predicted octanol–water partition coefficient (Wildman–Crippen LogP) is 3.40. The largest absolute Gasteiger partial charge is 0.361 e. The highest BCUT2D eigenvalue weighted by Gasteiger charge is 2.27. The molecular formula is C21H30N4O. The summed E-state index contributed by atoms with van der Waals surface area (Å²) in [5.41, 5.74) is 4.19. The first-order valence-electron chi connectivity index (χ1n) is 9.56. The first kappa shape index (κ1) is 18.6. The normalized spacial score (nSPS) is 22.1. The molecule has 1 N–H and O–H groups in total. The minimum atomic E-state index is 0.0233. The quantitative estimate of drug-likeness (QED) is 0.901. The third kappa shape index (κ3) is 4.33. The summed E-state index contributed by atoms with van der Waals surface area (Å²) in [6, 6.07) is 8.43. The molecule has 1 amide bonds. The average molecular weight is 354 g/mol. The number of nitrogens with one attached hydrogen (secondary N) is 1. The Morgan fingerprint density at radius 3 is 2.46 bits per heavy atom. The van der Waals surface area contributed by atoms with E-state index in [9.17, 15) is 4.79 Å². The molecule has 1 saturated heterocycles. The highest BCUT2D eigenvalue weighted by molar-refractivity contribution is 6.00. The van der Waals surface area contributed by atoms with Gasteiger partial charge in [0.1, 0.15) is 0 Å². The fraction of sp³-hybridized carbons (Fsp3) is 0.524. The van der Waals surface area contributed by atoms with Gasteiger partial charge >= 0.3 is 0 Å². The molecule has 5 nitrogen and oxygen atoms in total. The highest BCUT2D eigenvalue weighted by Crippen LogP contribution is 2.27. The second-order valence-corrected chi connectivity index (χ2v) is 7.38. The Balaban J connectivity index is 1.65. The number of hydrogen-bond donors (Lipinski definition) is 1. The van der Waals surface area contributed by atoms with Gasteiger partial charge in [-0.1, -0.05) is 6.42 Å². The average Bonchev–Trinajstić information content (AvgIpc) is 2.80. The van der Waals surface area contributed by atoms with Crippen molar-refractivity contribution in [2.24, 2.45) is 4.99 Å². The van der Waals surface area contributed by atoms with E-state index in [0.717, 1.165) is 37.7 Å². The van der Waals surface area contributed by atoms with Crippen molar-refractivity contribution >= 4 is 17.3 Å². The van der Waals surface area contributed by atoms with E-state index in [2.05, 4.69) is 21.4 Å². The van der Waals surface area contributed by atoms with Crippen LogP contribution in [0.2, 0.25) is 0 Å². The third-order valence-corrected chi connectivity index (χ3v) is 5.49. The number of benzene rings is 1. The van der Waals surface area contributed by atoms with Gasteiger partial charge in [-0.2, -0.15) is 0 Å². The standard InChI is InChI=1S/C21H30N4O/c1-22-20-12-14-25(19-5-4-6-19)13-11-17(20)15-23-18-9-7-16(8-10-18)21(26)24(2)3/h7-10,15,19,23H,4-6,11-14H2,1-3H3/b17-15-,22-20-. The zero-order chi connectivity index (χ0) is 18.5. The molecule has 0 bridgehead atoms. The molecule has 140 valence electrons. The van der Waals surface area contributed by atoms with E-state index >= 15 is 0 Å². The molecule has 3 rings (SSSR count). The molecule has 0 unspecified atom stereocenters. The van der Waals surface area contributed by atoms with Gasteiger partial charge in [0.05, 0.1) is 0 Å². The third-order valence-electron chi connectivity index (χ3n) is 5.49. The maximum Gasteiger partial charge on any atom is 0.253 e. The van der Waals surface area contributed by atoms with Gasteiger partial charge in [0.25, 0.3) is 5.91 Å². The van der Waals surface area contributed by atoms with Crippen molar-refractivity contribution in [1.29, 1.82) is 0 Å². The number of anilines is 1. The number of amides is 1. The van der Waals surface area contributed by atoms with Crippen LogP contribution >= 0.6 is 0 Å². The van der Waals surface area contributed by atoms with Crippen molar-refractivity contribution in [1.82, 2.24) is 9.80 Å². The molecule has 5 heteroatoms. The van der Waals surface area contributed by atoms with Crippen molar-refractivity contribution in [3.8, 4) is 0 Å². The summed E-state index contributed by atoms with van der Waals surface area (Å²) in [4.78, 5) is 20.7. The Morgan fingerprint density at radius 1 is 1.19 bits per heavy atom. The van der Waals surface area contributed by atoms with Crippen LogP contribution < -0.4 is 5.32 Å². The Morgan fingerprint density at radius 2 is 1.88 bits per heavy atom. The number of hydrogen-bond acceptors (Lipinski definition) is 4. The summed E-state index contributed by atoms with van der Waals surface area (Å²) in [6.07, 6.45) is 8.24. The number of nitrogens with zero attached hydrogens (tertiary/aromatic N) is 3. The molecule has 0 aromatic heterocycles. The van der Waals surface area contributed by atoms with E-state index in [1.54, 1.807) is 19.0 Å². The van der Waals surface area contributed by atoms with Crippen molar-refractivity contribution in [3.05, 3.63) is 41.6 Å². The number of carbonyl (C=O) groups excluding carboxylic acids is 1. The molecule has 1 aliphatic heterocycles. The molecular weight excluding hydrogens is 324 g/mol. The van der Waals surface area contributed by atoms with Crippen LogP contribution in [0.3, 0.4) is 0 Å². The minimum absolute atomic E-state index is 0.0233. The first-order valence-corrected chi connectivity index (χ1v) is 9.56. The van der Waals surface area contributed by atoms with Gasteiger partial charge in [-0.05, 0) is 49.1 Å². The fourth-order valence-electron chi connectivity index (χ4n) is 3.60. The summed E-state index contributed by atoms with van der Waals surface area (Å²) in [5, 5.41) is 3.39. The van der Waals surface area contributed by atoms with Crippen LogP contribution in [0.15, 0.2) is 41.0 Å². The van der Waals surface area contributed by atoms with Crippen molar-refractivity contribution < 1.29 is 4.79 Å². The van der Waals surface area contributed by atoms with E-state index in [0.29, 0.717) is 5.56 Å². The van der Waals surface area contributed by atoms with Gasteiger partial charge in [0, 0.05) is 69.9 Å². The molecule has 26 heavy (non-hydrogen) atoms.